The highest BCUT2D eigenvalue weighted by atomic mass is 79.9. The Labute approximate surface area is 165 Å². The van der Waals surface area contributed by atoms with Crippen molar-refractivity contribution in [3.8, 4) is 22.8 Å². The van der Waals surface area contributed by atoms with Gasteiger partial charge in [0.15, 0.2) is 6.54 Å². The number of carboxylic acid groups (broad SMARTS) is 1. The summed E-state index contributed by atoms with van der Waals surface area (Å²) in [5, 5.41) is 28.5. The van der Waals surface area contributed by atoms with Gasteiger partial charge in [-0.15, -0.1) is 15.3 Å². The van der Waals surface area contributed by atoms with Crippen molar-refractivity contribution in [2.24, 2.45) is 0 Å². The van der Waals surface area contributed by atoms with E-state index in [2.05, 4.69) is 46.6 Å². The SMILES string of the molecule is O=C(O)Cn1nnc(-c2c[nH]c(-c3cn(Cc4cc(F)ccc4Br)nn3)c2)n1. The summed E-state index contributed by atoms with van der Waals surface area (Å²) in [6, 6.07) is 6.21. The zero-order chi connectivity index (χ0) is 19.7. The number of carboxylic acids is 1. The van der Waals surface area contributed by atoms with Crippen molar-refractivity contribution >= 4 is 21.9 Å². The Balaban J connectivity index is 1.52. The fraction of sp³-hybridized carbons (Fsp3) is 0.125. The quantitative estimate of drug-likeness (QED) is 0.463. The first-order valence-corrected chi connectivity index (χ1v) is 8.80. The van der Waals surface area contributed by atoms with Gasteiger partial charge in [-0.3, -0.25) is 4.79 Å². The van der Waals surface area contributed by atoms with Crippen LogP contribution in [0, 0.1) is 5.82 Å². The number of benzene rings is 1. The largest absolute Gasteiger partial charge is 0.480 e. The number of aliphatic carboxylic acids is 1. The Morgan fingerprint density at radius 1 is 1.25 bits per heavy atom. The Kier molecular flexibility index (Phi) is 4.69. The van der Waals surface area contributed by atoms with Crippen LogP contribution >= 0.6 is 15.9 Å². The number of hydrogen-bond donors (Lipinski definition) is 2. The molecule has 0 saturated carbocycles. The van der Waals surface area contributed by atoms with E-state index in [1.165, 1.54) is 12.1 Å². The summed E-state index contributed by atoms with van der Waals surface area (Å²) in [5.41, 5.74) is 2.63. The predicted molar refractivity (Wildman–Crippen MR) is 97.5 cm³/mol. The maximum absolute atomic E-state index is 13.4. The van der Waals surface area contributed by atoms with Crippen LogP contribution in [-0.4, -0.2) is 51.3 Å². The summed E-state index contributed by atoms with van der Waals surface area (Å²) in [6.07, 6.45) is 3.39. The van der Waals surface area contributed by atoms with Gasteiger partial charge in [-0.05, 0) is 35.0 Å². The van der Waals surface area contributed by atoms with Crippen molar-refractivity contribution in [2.45, 2.75) is 13.1 Å². The Morgan fingerprint density at radius 2 is 2.11 bits per heavy atom. The minimum Gasteiger partial charge on any atom is -0.480 e. The maximum Gasteiger partial charge on any atom is 0.327 e. The van der Waals surface area contributed by atoms with Crippen LogP contribution in [0.4, 0.5) is 4.39 Å². The third kappa shape index (κ3) is 3.81. The monoisotopic (exact) mass is 446 g/mol. The van der Waals surface area contributed by atoms with Crippen LogP contribution < -0.4 is 0 Å². The van der Waals surface area contributed by atoms with Crippen LogP contribution in [0.2, 0.25) is 0 Å². The summed E-state index contributed by atoms with van der Waals surface area (Å²) in [5.74, 6) is -1.09. The number of H-pyrrole nitrogens is 1. The van der Waals surface area contributed by atoms with E-state index in [1.807, 2.05) is 0 Å². The second-order valence-corrected chi connectivity index (χ2v) is 6.73. The molecular weight excluding hydrogens is 435 g/mol. The molecule has 0 aliphatic heterocycles. The molecule has 2 N–H and O–H groups in total. The number of aromatic amines is 1. The van der Waals surface area contributed by atoms with Gasteiger partial charge >= 0.3 is 5.97 Å². The minimum atomic E-state index is -1.06. The Bertz CT molecular complexity index is 1150. The molecule has 1 aromatic carbocycles. The van der Waals surface area contributed by atoms with E-state index in [0.29, 0.717) is 29.3 Å². The molecule has 0 radical (unpaired) electrons. The van der Waals surface area contributed by atoms with Crippen molar-refractivity contribution < 1.29 is 14.3 Å². The van der Waals surface area contributed by atoms with Gasteiger partial charge < -0.3 is 10.1 Å². The molecule has 3 heterocycles. The molecular formula is C16H12BrFN8O2. The topological polar surface area (TPSA) is 127 Å². The summed E-state index contributed by atoms with van der Waals surface area (Å²) < 4.78 is 15.8. The van der Waals surface area contributed by atoms with Gasteiger partial charge in [-0.25, -0.2) is 9.07 Å². The van der Waals surface area contributed by atoms with E-state index in [9.17, 15) is 9.18 Å². The molecule has 4 aromatic rings. The van der Waals surface area contributed by atoms with Gasteiger partial charge in [0.25, 0.3) is 0 Å². The molecule has 0 amide bonds. The van der Waals surface area contributed by atoms with E-state index in [1.54, 1.807) is 29.2 Å². The summed E-state index contributed by atoms with van der Waals surface area (Å²) in [6.45, 7) is -0.0156. The molecule has 0 aliphatic rings. The molecule has 12 heteroatoms. The number of tetrazole rings is 1. The van der Waals surface area contributed by atoms with Gasteiger partial charge in [0, 0.05) is 16.2 Å². The fourth-order valence-corrected chi connectivity index (χ4v) is 2.93. The lowest BCUT2D eigenvalue weighted by molar-refractivity contribution is -0.138. The fourth-order valence-electron chi connectivity index (χ4n) is 2.56. The predicted octanol–water partition coefficient (Wildman–Crippen LogP) is 1.96. The zero-order valence-electron chi connectivity index (χ0n) is 14.1. The second kappa shape index (κ2) is 7.31. The van der Waals surface area contributed by atoms with Gasteiger partial charge in [-0.1, -0.05) is 21.1 Å². The smallest absolute Gasteiger partial charge is 0.327 e. The van der Waals surface area contributed by atoms with Crippen LogP contribution in [0.1, 0.15) is 5.56 Å². The van der Waals surface area contributed by atoms with Gasteiger partial charge in [0.1, 0.15) is 11.5 Å². The van der Waals surface area contributed by atoms with Crippen molar-refractivity contribution in [3.05, 3.63) is 52.5 Å². The lowest BCUT2D eigenvalue weighted by Gasteiger charge is -2.03. The number of halogens is 2. The van der Waals surface area contributed by atoms with E-state index >= 15 is 0 Å². The van der Waals surface area contributed by atoms with E-state index in [-0.39, 0.29) is 12.4 Å². The van der Waals surface area contributed by atoms with Gasteiger partial charge in [0.05, 0.1) is 18.4 Å². The molecule has 0 spiro atoms. The number of carbonyl (C=O) groups is 1. The molecule has 0 saturated heterocycles. The maximum atomic E-state index is 13.4. The zero-order valence-corrected chi connectivity index (χ0v) is 15.7. The molecule has 3 aromatic heterocycles. The molecule has 0 aliphatic carbocycles. The molecule has 0 bridgehead atoms. The summed E-state index contributed by atoms with van der Waals surface area (Å²) >= 11 is 3.39. The highest BCUT2D eigenvalue weighted by Crippen LogP contribution is 2.23. The van der Waals surface area contributed by atoms with Crippen molar-refractivity contribution in [1.82, 2.24) is 40.2 Å². The van der Waals surface area contributed by atoms with Crippen molar-refractivity contribution in [1.29, 1.82) is 0 Å². The van der Waals surface area contributed by atoms with Crippen LogP contribution in [-0.2, 0) is 17.9 Å². The summed E-state index contributed by atoms with van der Waals surface area (Å²) in [4.78, 5) is 14.7. The molecule has 4 rings (SSSR count). The number of rotatable bonds is 6. The first-order valence-electron chi connectivity index (χ1n) is 8.01. The molecule has 28 heavy (non-hydrogen) atoms. The molecule has 142 valence electrons. The van der Waals surface area contributed by atoms with Crippen LogP contribution in [0.15, 0.2) is 41.1 Å². The van der Waals surface area contributed by atoms with Crippen molar-refractivity contribution in [2.75, 3.05) is 0 Å². The molecule has 0 atom stereocenters. The summed E-state index contributed by atoms with van der Waals surface area (Å²) in [7, 11) is 0. The highest BCUT2D eigenvalue weighted by molar-refractivity contribution is 9.10. The number of nitrogens with one attached hydrogen (secondary N) is 1. The molecule has 0 fully saturated rings. The average Bonchev–Trinajstić information content (AvgIpc) is 3.37. The molecule has 0 unspecified atom stereocenters. The van der Waals surface area contributed by atoms with E-state index in [4.69, 9.17) is 5.11 Å². The van der Waals surface area contributed by atoms with Crippen LogP contribution in [0.25, 0.3) is 22.8 Å². The van der Waals surface area contributed by atoms with E-state index < -0.39 is 5.97 Å². The van der Waals surface area contributed by atoms with Gasteiger partial charge in [0.2, 0.25) is 5.82 Å². The third-order valence-corrected chi connectivity index (χ3v) is 4.60. The number of nitrogens with zero attached hydrogens (tertiary/aromatic N) is 7. The highest BCUT2D eigenvalue weighted by Gasteiger charge is 2.13. The lowest BCUT2D eigenvalue weighted by atomic mass is 10.2. The first kappa shape index (κ1) is 18.0. The van der Waals surface area contributed by atoms with Crippen LogP contribution in [0.5, 0.6) is 0 Å². The number of hydrogen-bond acceptors (Lipinski definition) is 6. The van der Waals surface area contributed by atoms with Gasteiger partial charge in [-0.2, -0.15) is 4.80 Å². The standard InChI is InChI=1S/C16H12BrFN8O2/c17-12-2-1-11(18)3-10(12)6-25-7-14(20-23-25)13-4-9(5-19-13)16-21-24-26(22-16)8-15(27)28/h1-5,7,19H,6,8H2,(H,27,28). The van der Waals surface area contributed by atoms with Crippen molar-refractivity contribution in [3.63, 3.8) is 0 Å². The number of aromatic nitrogens is 8. The minimum absolute atomic E-state index is 0.292. The Morgan fingerprint density at radius 3 is 2.93 bits per heavy atom. The normalized spacial score (nSPS) is 11.1. The molecule has 10 nitrogen and oxygen atoms in total. The van der Waals surface area contributed by atoms with Crippen LogP contribution in [0.3, 0.4) is 0 Å². The van der Waals surface area contributed by atoms with E-state index in [0.717, 1.165) is 14.8 Å². The third-order valence-electron chi connectivity index (χ3n) is 3.83. The first-order chi connectivity index (χ1) is 13.5. The second-order valence-electron chi connectivity index (χ2n) is 5.88. The lowest BCUT2D eigenvalue weighted by Crippen LogP contribution is -2.11. The Hall–Kier alpha value is -3.41. The average molecular weight is 447 g/mol.